The molecule has 0 unspecified atom stereocenters. The molecule has 1 atom stereocenters. The molecule has 0 saturated carbocycles. The van der Waals surface area contributed by atoms with Gasteiger partial charge in [0.1, 0.15) is 6.54 Å². The molecule has 0 aliphatic carbocycles. The number of fused-ring (bicyclic) bond motifs is 1. The first-order valence-electron chi connectivity index (χ1n) is 7.19. The molecular weight excluding hydrogens is 270 g/mol. The number of rotatable bonds is 4. The molecule has 1 aromatic heterocycles. The fraction of sp³-hybridized carbons (Fsp3) is 0.467. The van der Waals surface area contributed by atoms with Crippen molar-refractivity contribution >= 4 is 16.9 Å². The number of amides is 1. The first-order valence-corrected chi connectivity index (χ1v) is 7.19. The summed E-state index contributed by atoms with van der Waals surface area (Å²) in [5.41, 5.74) is 1.43. The second kappa shape index (κ2) is 5.73. The number of para-hydroxylation sites is 2. The van der Waals surface area contributed by atoms with Gasteiger partial charge in [-0.3, -0.25) is 13.9 Å². The Morgan fingerprint density at radius 3 is 2.86 bits per heavy atom. The molecule has 112 valence electrons. The van der Waals surface area contributed by atoms with E-state index in [0.29, 0.717) is 6.54 Å². The predicted octanol–water partition coefficient (Wildman–Crippen LogP) is 0.635. The van der Waals surface area contributed by atoms with Gasteiger partial charge in [0.15, 0.2) is 0 Å². The topological polar surface area (TPSA) is 65.3 Å². The summed E-state index contributed by atoms with van der Waals surface area (Å²) >= 11 is 0. The average Bonchev–Trinajstić information content (AvgIpc) is 3.09. The third kappa shape index (κ3) is 2.71. The number of ether oxygens (including phenoxy) is 1. The zero-order valence-corrected chi connectivity index (χ0v) is 12.0. The normalized spacial score (nSPS) is 18.2. The van der Waals surface area contributed by atoms with Crippen molar-refractivity contribution in [3.63, 3.8) is 0 Å². The van der Waals surface area contributed by atoms with E-state index in [2.05, 4.69) is 5.32 Å². The Hall–Kier alpha value is -2.08. The zero-order chi connectivity index (χ0) is 14.8. The molecule has 1 aromatic carbocycles. The van der Waals surface area contributed by atoms with Gasteiger partial charge < -0.3 is 10.1 Å². The van der Waals surface area contributed by atoms with Gasteiger partial charge in [-0.15, -0.1) is 0 Å². The van der Waals surface area contributed by atoms with E-state index in [1.807, 2.05) is 24.3 Å². The SMILES string of the molecule is Cn1c(=O)n(CC(=O)NC[C@H]2CCCO2)c2ccccc21. The van der Waals surface area contributed by atoms with Crippen molar-refractivity contribution in [3.05, 3.63) is 34.7 Å². The zero-order valence-electron chi connectivity index (χ0n) is 12.0. The molecule has 1 aliphatic rings. The van der Waals surface area contributed by atoms with Gasteiger partial charge in [-0.25, -0.2) is 4.79 Å². The van der Waals surface area contributed by atoms with E-state index in [9.17, 15) is 9.59 Å². The predicted molar refractivity (Wildman–Crippen MR) is 79.2 cm³/mol. The minimum atomic E-state index is -0.177. The molecule has 1 N–H and O–H groups in total. The van der Waals surface area contributed by atoms with E-state index < -0.39 is 0 Å². The molecule has 2 aromatic rings. The number of carbonyl (C=O) groups excluding carboxylic acids is 1. The Morgan fingerprint density at radius 1 is 1.38 bits per heavy atom. The van der Waals surface area contributed by atoms with Crippen LogP contribution in [-0.4, -0.2) is 34.3 Å². The maximum absolute atomic E-state index is 12.2. The van der Waals surface area contributed by atoms with Gasteiger partial charge in [-0.05, 0) is 25.0 Å². The van der Waals surface area contributed by atoms with Gasteiger partial charge in [-0.2, -0.15) is 0 Å². The van der Waals surface area contributed by atoms with Crippen LogP contribution in [0, 0.1) is 0 Å². The fourth-order valence-electron chi connectivity index (χ4n) is 2.75. The Labute approximate surface area is 122 Å². The van der Waals surface area contributed by atoms with Crippen LogP contribution in [0.25, 0.3) is 11.0 Å². The van der Waals surface area contributed by atoms with Crippen molar-refractivity contribution in [1.29, 1.82) is 0 Å². The van der Waals surface area contributed by atoms with E-state index in [-0.39, 0.29) is 24.2 Å². The van der Waals surface area contributed by atoms with Crippen LogP contribution in [0.4, 0.5) is 0 Å². The molecule has 6 heteroatoms. The number of hydrogen-bond acceptors (Lipinski definition) is 3. The summed E-state index contributed by atoms with van der Waals surface area (Å²) in [6.07, 6.45) is 2.14. The minimum absolute atomic E-state index is 0.0346. The monoisotopic (exact) mass is 289 g/mol. The molecule has 0 radical (unpaired) electrons. The summed E-state index contributed by atoms with van der Waals surface area (Å²) in [5, 5.41) is 2.84. The van der Waals surface area contributed by atoms with Crippen molar-refractivity contribution in [2.75, 3.05) is 13.2 Å². The molecule has 0 bridgehead atoms. The number of aromatic nitrogens is 2. The molecular formula is C15H19N3O3. The lowest BCUT2D eigenvalue weighted by Gasteiger charge is -2.11. The lowest BCUT2D eigenvalue weighted by atomic mass is 10.2. The highest BCUT2D eigenvalue weighted by Crippen LogP contribution is 2.12. The molecule has 6 nitrogen and oxygen atoms in total. The number of benzene rings is 1. The van der Waals surface area contributed by atoms with Crippen LogP contribution < -0.4 is 11.0 Å². The quantitative estimate of drug-likeness (QED) is 0.898. The third-order valence-corrected chi connectivity index (χ3v) is 3.90. The fourth-order valence-corrected chi connectivity index (χ4v) is 2.75. The maximum Gasteiger partial charge on any atom is 0.329 e. The summed E-state index contributed by atoms with van der Waals surface area (Å²) in [4.78, 5) is 24.2. The number of hydrogen-bond donors (Lipinski definition) is 1. The Bertz CT molecular complexity index is 711. The van der Waals surface area contributed by atoms with Crippen LogP contribution >= 0.6 is 0 Å². The third-order valence-electron chi connectivity index (χ3n) is 3.90. The first kappa shape index (κ1) is 13.9. The highest BCUT2D eigenvalue weighted by atomic mass is 16.5. The number of nitrogens with zero attached hydrogens (tertiary/aromatic N) is 2. The van der Waals surface area contributed by atoms with Crippen LogP contribution in [0.15, 0.2) is 29.1 Å². The van der Waals surface area contributed by atoms with Crippen LogP contribution in [0.3, 0.4) is 0 Å². The first-order chi connectivity index (χ1) is 10.2. The van der Waals surface area contributed by atoms with Gasteiger partial charge >= 0.3 is 5.69 Å². The van der Waals surface area contributed by atoms with Crippen LogP contribution in [0.1, 0.15) is 12.8 Å². The molecule has 1 saturated heterocycles. The maximum atomic E-state index is 12.2. The smallest absolute Gasteiger partial charge is 0.329 e. The second-order valence-electron chi connectivity index (χ2n) is 5.36. The van der Waals surface area contributed by atoms with E-state index in [1.54, 1.807) is 11.6 Å². The van der Waals surface area contributed by atoms with Gasteiger partial charge in [0, 0.05) is 20.2 Å². The van der Waals surface area contributed by atoms with E-state index >= 15 is 0 Å². The number of nitrogens with one attached hydrogen (secondary N) is 1. The summed E-state index contributed by atoms with van der Waals surface area (Å²) in [7, 11) is 1.71. The molecule has 2 heterocycles. The number of carbonyl (C=O) groups is 1. The summed E-state index contributed by atoms with van der Waals surface area (Å²) in [6, 6.07) is 7.47. The molecule has 1 amide bonds. The number of aryl methyl sites for hydroxylation is 1. The van der Waals surface area contributed by atoms with Gasteiger partial charge in [0.2, 0.25) is 5.91 Å². The average molecular weight is 289 g/mol. The molecule has 3 rings (SSSR count). The Morgan fingerprint density at radius 2 is 2.14 bits per heavy atom. The van der Waals surface area contributed by atoms with Crippen molar-refractivity contribution in [1.82, 2.24) is 14.5 Å². The highest BCUT2D eigenvalue weighted by Gasteiger charge is 2.17. The summed E-state index contributed by atoms with van der Waals surface area (Å²) in [5.74, 6) is -0.163. The standard InChI is InChI=1S/C15H19N3O3/c1-17-12-6-2-3-7-13(12)18(15(17)20)10-14(19)16-9-11-5-4-8-21-11/h2-3,6-7,11H,4-5,8-10H2,1H3,(H,16,19)/t11-/m1/s1. The number of imidazole rings is 1. The lowest BCUT2D eigenvalue weighted by molar-refractivity contribution is -0.122. The van der Waals surface area contributed by atoms with Gasteiger partial charge in [0.25, 0.3) is 0 Å². The summed E-state index contributed by atoms with van der Waals surface area (Å²) in [6.45, 7) is 1.31. The molecule has 21 heavy (non-hydrogen) atoms. The summed E-state index contributed by atoms with van der Waals surface area (Å²) < 4.78 is 8.52. The van der Waals surface area contributed by atoms with Crippen LogP contribution in [0.5, 0.6) is 0 Å². The Balaban J connectivity index is 1.73. The van der Waals surface area contributed by atoms with Crippen LogP contribution in [-0.2, 0) is 23.1 Å². The van der Waals surface area contributed by atoms with E-state index in [0.717, 1.165) is 30.5 Å². The van der Waals surface area contributed by atoms with E-state index in [1.165, 1.54) is 4.57 Å². The van der Waals surface area contributed by atoms with E-state index in [4.69, 9.17) is 4.74 Å². The van der Waals surface area contributed by atoms with Crippen LogP contribution in [0.2, 0.25) is 0 Å². The van der Waals surface area contributed by atoms with Crippen molar-refractivity contribution in [2.24, 2.45) is 7.05 Å². The lowest BCUT2D eigenvalue weighted by Crippen LogP contribution is -2.36. The largest absolute Gasteiger partial charge is 0.376 e. The van der Waals surface area contributed by atoms with Crippen molar-refractivity contribution in [3.8, 4) is 0 Å². The second-order valence-corrected chi connectivity index (χ2v) is 5.36. The minimum Gasteiger partial charge on any atom is -0.376 e. The molecule has 1 fully saturated rings. The van der Waals surface area contributed by atoms with Crippen molar-refractivity contribution in [2.45, 2.75) is 25.5 Å². The van der Waals surface area contributed by atoms with Crippen molar-refractivity contribution < 1.29 is 9.53 Å². The van der Waals surface area contributed by atoms with Gasteiger partial charge in [0.05, 0.1) is 17.1 Å². The molecule has 1 aliphatic heterocycles. The molecule has 0 spiro atoms. The van der Waals surface area contributed by atoms with Gasteiger partial charge in [-0.1, -0.05) is 12.1 Å². The highest BCUT2D eigenvalue weighted by molar-refractivity contribution is 5.80. The Kier molecular flexibility index (Phi) is 3.79.